The van der Waals surface area contributed by atoms with Gasteiger partial charge >= 0.3 is 11.9 Å². The quantitative estimate of drug-likeness (QED) is 0.678. The van der Waals surface area contributed by atoms with Gasteiger partial charge in [-0.1, -0.05) is 18.7 Å². The number of carbonyl (C=O) groups is 3. The van der Waals surface area contributed by atoms with Crippen LogP contribution in [0.5, 0.6) is 0 Å². The number of nitrogens with one attached hydrogen (secondary N) is 1. The first-order valence-electron chi connectivity index (χ1n) is 5.44. The first kappa shape index (κ1) is 16.4. The van der Waals surface area contributed by atoms with Gasteiger partial charge in [-0.25, -0.2) is 17.9 Å². The molecule has 0 spiro atoms. The van der Waals surface area contributed by atoms with Crippen molar-refractivity contribution in [3.05, 3.63) is 42.0 Å². The Morgan fingerprint density at radius 3 is 2.19 bits per heavy atom. The number of carbonyl (C=O) groups excluding carboxylic acids is 1. The number of fused-ring (bicyclic) bond motifs is 1. The predicted molar refractivity (Wildman–Crippen MR) is 70.1 cm³/mol. The minimum Gasteiger partial charge on any atom is -0.481 e. The fourth-order valence-corrected chi connectivity index (χ4v) is 2.55. The monoisotopic (exact) mass is 313 g/mol. The molecule has 0 atom stereocenters. The van der Waals surface area contributed by atoms with E-state index in [1.54, 1.807) is 12.1 Å². The summed E-state index contributed by atoms with van der Waals surface area (Å²) in [7, 11) is -3.55. The van der Waals surface area contributed by atoms with E-state index in [2.05, 4.69) is 6.58 Å². The molecule has 0 bridgehead atoms. The van der Waals surface area contributed by atoms with Gasteiger partial charge in [-0.2, -0.15) is 0 Å². The topological polar surface area (TPSA) is 138 Å². The summed E-state index contributed by atoms with van der Waals surface area (Å²) < 4.78 is 24.2. The molecule has 0 radical (unpaired) electrons. The summed E-state index contributed by atoms with van der Waals surface area (Å²) in [6.07, 6.45) is -0.505. The fourth-order valence-electron chi connectivity index (χ4n) is 1.38. The lowest BCUT2D eigenvalue weighted by Crippen LogP contribution is -2.20. The smallest absolute Gasteiger partial charge is 0.331 e. The van der Waals surface area contributed by atoms with E-state index in [1.807, 2.05) is 4.72 Å². The number of sulfonamides is 1. The second-order valence-corrected chi connectivity index (χ2v) is 5.56. The minimum atomic E-state index is -3.55. The van der Waals surface area contributed by atoms with Gasteiger partial charge < -0.3 is 10.2 Å². The maximum absolute atomic E-state index is 11.1. The van der Waals surface area contributed by atoms with Gasteiger partial charge in [0.05, 0.1) is 12.0 Å². The molecule has 0 unspecified atom stereocenters. The van der Waals surface area contributed by atoms with Crippen LogP contribution in [0.1, 0.15) is 16.8 Å². The molecule has 0 aliphatic carbocycles. The zero-order valence-corrected chi connectivity index (χ0v) is 11.4. The van der Waals surface area contributed by atoms with Gasteiger partial charge in [0.2, 0.25) is 0 Å². The highest BCUT2D eigenvalue weighted by atomic mass is 32.2. The average Bonchev–Trinajstić information content (AvgIpc) is 2.60. The number of hydrogen-bond acceptors (Lipinski definition) is 5. The largest absolute Gasteiger partial charge is 0.481 e. The van der Waals surface area contributed by atoms with E-state index in [9.17, 15) is 22.8 Å². The molecule has 1 aromatic rings. The van der Waals surface area contributed by atoms with Crippen molar-refractivity contribution in [1.29, 1.82) is 0 Å². The van der Waals surface area contributed by atoms with Crippen LogP contribution in [0.3, 0.4) is 0 Å². The van der Waals surface area contributed by atoms with E-state index >= 15 is 0 Å². The van der Waals surface area contributed by atoms with Crippen molar-refractivity contribution >= 4 is 27.9 Å². The number of carboxylic acid groups (broad SMARTS) is 2. The molecule has 112 valence electrons. The Kier molecular flexibility index (Phi) is 4.82. The molecular weight excluding hydrogens is 302 g/mol. The van der Waals surface area contributed by atoms with Crippen LogP contribution in [0, 0.1) is 0 Å². The van der Waals surface area contributed by atoms with E-state index in [0.29, 0.717) is 0 Å². The van der Waals surface area contributed by atoms with Crippen LogP contribution >= 0.6 is 0 Å². The average molecular weight is 313 g/mol. The third-order valence-electron chi connectivity index (χ3n) is 2.32. The van der Waals surface area contributed by atoms with Crippen molar-refractivity contribution in [2.24, 2.45) is 0 Å². The Bertz CT molecular complexity index is 721. The summed E-state index contributed by atoms with van der Waals surface area (Å²) in [4.78, 5) is 30.7. The molecule has 9 heteroatoms. The third kappa shape index (κ3) is 4.14. The molecule has 1 amide bonds. The van der Waals surface area contributed by atoms with E-state index in [0.717, 1.165) is 0 Å². The van der Waals surface area contributed by atoms with Crippen LogP contribution in [0.25, 0.3) is 0 Å². The van der Waals surface area contributed by atoms with Crippen LogP contribution < -0.4 is 4.72 Å². The lowest BCUT2D eigenvalue weighted by molar-refractivity contribution is -0.139. The van der Waals surface area contributed by atoms with Crippen molar-refractivity contribution in [2.45, 2.75) is 11.3 Å². The predicted octanol–water partition coefficient (Wildman–Crippen LogP) is 0.221. The fraction of sp³-hybridized carbons (Fsp3) is 0.0833. The van der Waals surface area contributed by atoms with Crippen molar-refractivity contribution in [2.75, 3.05) is 0 Å². The zero-order valence-electron chi connectivity index (χ0n) is 10.6. The van der Waals surface area contributed by atoms with Crippen LogP contribution in [0.2, 0.25) is 0 Å². The molecule has 0 fully saturated rings. The molecule has 21 heavy (non-hydrogen) atoms. The van der Waals surface area contributed by atoms with Crippen molar-refractivity contribution in [3.63, 3.8) is 0 Å². The van der Waals surface area contributed by atoms with E-state index < -0.39 is 34.3 Å². The Morgan fingerprint density at radius 1 is 1.19 bits per heavy atom. The summed E-state index contributed by atoms with van der Waals surface area (Å²) in [6.45, 7) is 3.01. The van der Waals surface area contributed by atoms with Crippen molar-refractivity contribution in [3.8, 4) is 0 Å². The van der Waals surface area contributed by atoms with Crippen LogP contribution in [0.15, 0.2) is 41.3 Å². The number of hydrogen-bond donors (Lipinski definition) is 3. The maximum Gasteiger partial charge on any atom is 0.331 e. The number of aliphatic carboxylic acids is 2. The van der Waals surface area contributed by atoms with Crippen molar-refractivity contribution in [1.82, 2.24) is 4.72 Å². The highest BCUT2D eigenvalue weighted by Crippen LogP contribution is 2.20. The van der Waals surface area contributed by atoms with Gasteiger partial charge in [-0.05, 0) is 12.1 Å². The van der Waals surface area contributed by atoms with E-state index in [4.69, 9.17) is 10.2 Å². The Balaban J connectivity index is 0.000000222. The molecule has 0 saturated heterocycles. The molecule has 1 aliphatic rings. The van der Waals surface area contributed by atoms with Gasteiger partial charge in [0.1, 0.15) is 4.90 Å². The third-order valence-corrected chi connectivity index (χ3v) is 3.70. The summed E-state index contributed by atoms with van der Waals surface area (Å²) in [5.74, 6) is -2.99. The standard InChI is InChI=1S/C7H5NO3S.C5H6O4/c9-7-5-3-1-2-4-6(5)12(10,11)8-7;1-3(5(8)9)2-4(6)7/h1-4H,(H,8,9);1-2H2,(H,6,7)(H,8,9). The molecule has 3 N–H and O–H groups in total. The first-order chi connectivity index (χ1) is 9.65. The Labute approximate surface area is 119 Å². The van der Waals surface area contributed by atoms with E-state index in [-0.39, 0.29) is 16.0 Å². The van der Waals surface area contributed by atoms with Crippen LogP contribution in [0.4, 0.5) is 0 Å². The van der Waals surface area contributed by atoms with Gasteiger partial charge in [0.25, 0.3) is 15.9 Å². The lowest BCUT2D eigenvalue weighted by Gasteiger charge is -1.91. The SMILES string of the molecule is C=C(CC(=O)O)C(=O)O.O=C1NS(=O)(=O)c2ccccc21. The second-order valence-electron chi connectivity index (χ2n) is 3.91. The molecule has 1 aromatic carbocycles. The number of carboxylic acids is 2. The van der Waals surface area contributed by atoms with Crippen LogP contribution in [-0.2, 0) is 19.6 Å². The molecule has 0 saturated carbocycles. The molecule has 0 aromatic heterocycles. The summed E-state index contributed by atoms with van der Waals surface area (Å²) in [5.41, 5.74) is -0.0833. The number of amides is 1. The highest BCUT2D eigenvalue weighted by Gasteiger charge is 2.31. The van der Waals surface area contributed by atoms with E-state index in [1.165, 1.54) is 12.1 Å². The van der Waals surface area contributed by atoms with Gasteiger partial charge in [-0.3, -0.25) is 9.59 Å². The van der Waals surface area contributed by atoms with Crippen LogP contribution in [-0.4, -0.2) is 36.5 Å². The molecule has 2 rings (SSSR count). The molecule has 1 heterocycles. The Morgan fingerprint density at radius 2 is 1.76 bits per heavy atom. The summed E-state index contributed by atoms with van der Waals surface area (Å²) in [5, 5.41) is 16.1. The maximum atomic E-state index is 11.1. The normalized spacial score (nSPS) is 14.2. The summed E-state index contributed by atoms with van der Waals surface area (Å²) >= 11 is 0. The van der Waals surface area contributed by atoms with Gasteiger partial charge in [0, 0.05) is 5.57 Å². The summed E-state index contributed by atoms with van der Waals surface area (Å²) in [6, 6.07) is 6.09. The first-order valence-corrected chi connectivity index (χ1v) is 6.92. The van der Waals surface area contributed by atoms with Gasteiger partial charge in [0.15, 0.2) is 0 Å². The minimum absolute atomic E-state index is 0.0648. The lowest BCUT2D eigenvalue weighted by atomic mass is 10.2. The molecule has 1 aliphatic heterocycles. The zero-order chi connectivity index (χ0) is 16.2. The van der Waals surface area contributed by atoms with Crippen molar-refractivity contribution < 1.29 is 33.0 Å². The molecule has 8 nitrogen and oxygen atoms in total. The highest BCUT2D eigenvalue weighted by molar-refractivity contribution is 7.90. The number of benzene rings is 1. The van der Waals surface area contributed by atoms with Gasteiger partial charge in [-0.15, -0.1) is 0 Å². The molecular formula is C12H11NO7S. The number of rotatable bonds is 3. The second kappa shape index (κ2) is 6.18. The Hall–Kier alpha value is -2.68.